The SMILES string of the molecule is Cc1cccc(N2C(=O)CC(CN)C2(C)C)c1. The van der Waals surface area contributed by atoms with Gasteiger partial charge in [-0.25, -0.2) is 0 Å². The number of carbonyl (C=O) groups is 1. The molecule has 0 aliphatic carbocycles. The van der Waals surface area contributed by atoms with E-state index in [0.717, 1.165) is 5.69 Å². The summed E-state index contributed by atoms with van der Waals surface area (Å²) in [6.07, 6.45) is 0.553. The predicted molar refractivity (Wildman–Crippen MR) is 69.9 cm³/mol. The van der Waals surface area contributed by atoms with Crippen molar-refractivity contribution < 1.29 is 4.79 Å². The van der Waals surface area contributed by atoms with Crippen molar-refractivity contribution in [2.24, 2.45) is 11.7 Å². The molecule has 1 aliphatic rings. The second-order valence-corrected chi connectivity index (χ2v) is 5.36. The third-order valence-corrected chi connectivity index (χ3v) is 3.79. The summed E-state index contributed by atoms with van der Waals surface area (Å²) in [6, 6.07) is 8.07. The molecule has 17 heavy (non-hydrogen) atoms. The van der Waals surface area contributed by atoms with E-state index in [4.69, 9.17) is 5.73 Å². The van der Waals surface area contributed by atoms with E-state index in [0.29, 0.717) is 13.0 Å². The Kier molecular flexibility index (Phi) is 2.96. The number of anilines is 1. The summed E-state index contributed by atoms with van der Waals surface area (Å²) >= 11 is 0. The lowest BCUT2D eigenvalue weighted by Gasteiger charge is -2.35. The third-order valence-electron chi connectivity index (χ3n) is 3.79. The Morgan fingerprint density at radius 1 is 1.47 bits per heavy atom. The van der Waals surface area contributed by atoms with Crippen LogP contribution in [0.1, 0.15) is 25.8 Å². The van der Waals surface area contributed by atoms with E-state index in [1.807, 2.05) is 30.0 Å². The number of rotatable bonds is 2. The first kappa shape index (κ1) is 12.1. The van der Waals surface area contributed by atoms with E-state index in [1.165, 1.54) is 5.56 Å². The van der Waals surface area contributed by atoms with Gasteiger partial charge in [0.15, 0.2) is 0 Å². The fourth-order valence-corrected chi connectivity index (χ4v) is 2.67. The van der Waals surface area contributed by atoms with Crippen LogP contribution in [0.25, 0.3) is 0 Å². The lowest BCUT2D eigenvalue weighted by atomic mass is 9.88. The second kappa shape index (κ2) is 4.15. The Labute approximate surface area is 103 Å². The van der Waals surface area contributed by atoms with Gasteiger partial charge in [-0.3, -0.25) is 4.79 Å². The Bertz CT molecular complexity index is 440. The molecule has 1 heterocycles. The average Bonchev–Trinajstić information content (AvgIpc) is 2.48. The molecule has 3 nitrogen and oxygen atoms in total. The largest absolute Gasteiger partial charge is 0.330 e. The molecule has 0 radical (unpaired) electrons. The van der Waals surface area contributed by atoms with Gasteiger partial charge in [0.25, 0.3) is 0 Å². The van der Waals surface area contributed by atoms with Crippen molar-refractivity contribution in [1.29, 1.82) is 0 Å². The van der Waals surface area contributed by atoms with Gasteiger partial charge in [-0.15, -0.1) is 0 Å². The first-order valence-corrected chi connectivity index (χ1v) is 6.06. The molecule has 1 saturated heterocycles. The maximum atomic E-state index is 12.1. The van der Waals surface area contributed by atoms with Gasteiger partial charge in [0.1, 0.15) is 0 Å². The van der Waals surface area contributed by atoms with E-state index in [2.05, 4.69) is 19.9 Å². The molecule has 1 atom stereocenters. The first-order chi connectivity index (χ1) is 7.96. The van der Waals surface area contributed by atoms with Crippen LogP contribution in [-0.2, 0) is 4.79 Å². The van der Waals surface area contributed by atoms with Gasteiger partial charge >= 0.3 is 0 Å². The standard InChI is InChI=1S/C14H20N2O/c1-10-5-4-6-12(7-10)16-13(17)8-11(9-15)14(16,2)3/h4-7,11H,8-9,15H2,1-3H3. The van der Waals surface area contributed by atoms with Crippen molar-refractivity contribution in [3.05, 3.63) is 29.8 Å². The Morgan fingerprint density at radius 3 is 2.71 bits per heavy atom. The van der Waals surface area contributed by atoms with Crippen LogP contribution < -0.4 is 10.6 Å². The Balaban J connectivity index is 2.41. The van der Waals surface area contributed by atoms with Crippen molar-refractivity contribution >= 4 is 11.6 Å². The minimum atomic E-state index is -0.195. The highest BCUT2D eigenvalue weighted by Gasteiger charge is 2.45. The van der Waals surface area contributed by atoms with Gasteiger partial charge in [0.2, 0.25) is 5.91 Å². The molecule has 1 fully saturated rings. The van der Waals surface area contributed by atoms with Crippen LogP contribution in [0.3, 0.4) is 0 Å². The molecule has 0 aromatic heterocycles. The fourth-order valence-electron chi connectivity index (χ4n) is 2.67. The van der Waals surface area contributed by atoms with Crippen LogP contribution in [0.2, 0.25) is 0 Å². The summed E-state index contributed by atoms with van der Waals surface area (Å²) in [5, 5.41) is 0. The number of nitrogens with zero attached hydrogens (tertiary/aromatic N) is 1. The molecule has 1 unspecified atom stereocenters. The minimum Gasteiger partial charge on any atom is -0.330 e. The zero-order valence-corrected chi connectivity index (χ0v) is 10.7. The number of carbonyl (C=O) groups excluding carboxylic acids is 1. The zero-order valence-electron chi connectivity index (χ0n) is 10.7. The lowest BCUT2D eigenvalue weighted by molar-refractivity contribution is -0.117. The Hall–Kier alpha value is -1.35. The third kappa shape index (κ3) is 1.95. The van der Waals surface area contributed by atoms with Crippen LogP contribution in [0, 0.1) is 12.8 Å². The number of benzene rings is 1. The number of hydrogen-bond donors (Lipinski definition) is 1. The van der Waals surface area contributed by atoms with Crippen LogP contribution in [-0.4, -0.2) is 18.0 Å². The van der Waals surface area contributed by atoms with E-state index in [1.54, 1.807) is 0 Å². The van der Waals surface area contributed by atoms with Crippen molar-refractivity contribution in [3.63, 3.8) is 0 Å². The zero-order chi connectivity index (χ0) is 12.6. The molecule has 3 heteroatoms. The van der Waals surface area contributed by atoms with Gasteiger partial charge in [-0.1, -0.05) is 12.1 Å². The molecule has 2 rings (SSSR count). The number of nitrogens with two attached hydrogens (primary N) is 1. The highest BCUT2D eigenvalue weighted by atomic mass is 16.2. The maximum absolute atomic E-state index is 12.1. The molecule has 1 aromatic rings. The second-order valence-electron chi connectivity index (χ2n) is 5.36. The summed E-state index contributed by atoms with van der Waals surface area (Å²) in [6.45, 7) is 6.79. The summed E-state index contributed by atoms with van der Waals surface area (Å²) in [4.78, 5) is 14.0. The normalized spacial score (nSPS) is 23.2. The predicted octanol–water partition coefficient (Wildman–Crippen LogP) is 2.09. The molecular formula is C14H20N2O. The van der Waals surface area contributed by atoms with Crippen molar-refractivity contribution in [2.45, 2.75) is 32.7 Å². The van der Waals surface area contributed by atoms with Crippen LogP contribution in [0.4, 0.5) is 5.69 Å². The van der Waals surface area contributed by atoms with Crippen LogP contribution >= 0.6 is 0 Å². The highest BCUT2D eigenvalue weighted by Crippen LogP contribution is 2.38. The molecule has 1 amide bonds. The average molecular weight is 232 g/mol. The lowest BCUT2D eigenvalue weighted by Crippen LogP contribution is -2.46. The topological polar surface area (TPSA) is 46.3 Å². The summed E-state index contributed by atoms with van der Waals surface area (Å²) in [5.41, 5.74) is 7.72. The van der Waals surface area contributed by atoms with Crippen LogP contribution in [0.5, 0.6) is 0 Å². The van der Waals surface area contributed by atoms with Crippen molar-refractivity contribution in [3.8, 4) is 0 Å². The minimum absolute atomic E-state index is 0.177. The maximum Gasteiger partial charge on any atom is 0.227 e. The van der Waals surface area contributed by atoms with Crippen LogP contribution in [0.15, 0.2) is 24.3 Å². The van der Waals surface area contributed by atoms with E-state index in [9.17, 15) is 4.79 Å². The molecule has 92 valence electrons. The van der Waals surface area contributed by atoms with Crippen molar-refractivity contribution in [1.82, 2.24) is 0 Å². The molecule has 0 spiro atoms. The van der Waals surface area contributed by atoms with Gasteiger partial charge < -0.3 is 10.6 Å². The quantitative estimate of drug-likeness (QED) is 0.848. The van der Waals surface area contributed by atoms with E-state index in [-0.39, 0.29) is 17.4 Å². The molecule has 1 aromatic carbocycles. The van der Waals surface area contributed by atoms with Crippen molar-refractivity contribution in [2.75, 3.05) is 11.4 Å². The summed E-state index contributed by atoms with van der Waals surface area (Å²) in [5.74, 6) is 0.409. The van der Waals surface area contributed by atoms with Gasteiger partial charge in [-0.2, -0.15) is 0 Å². The molecular weight excluding hydrogens is 212 g/mol. The van der Waals surface area contributed by atoms with Gasteiger partial charge in [0, 0.05) is 23.6 Å². The number of amides is 1. The summed E-state index contributed by atoms with van der Waals surface area (Å²) < 4.78 is 0. The monoisotopic (exact) mass is 232 g/mol. The fraction of sp³-hybridized carbons (Fsp3) is 0.500. The molecule has 0 bridgehead atoms. The van der Waals surface area contributed by atoms with E-state index >= 15 is 0 Å². The number of aryl methyl sites for hydroxylation is 1. The van der Waals surface area contributed by atoms with Gasteiger partial charge in [-0.05, 0) is 45.0 Å². The number of hydrogen-bond acceptors (Lipinski definition) is 2. The summed E-state index contributed by atoms with van der Waals surface area (Å²) in [7, 11) is 0. The molecule has 1 aliphatic heterocycles. The van der Waals surface area contributed by atoms with Gasteiger partial charge in [0.05, 0.1) is 0 Å². The molecule has 2 N–H and O–H groups in total. The van der Waals surface area contributed by atoms with E-state index < -0.39 is 0 Å². The smallest absolute Gasteiger partial charge is 0.227 e. The molecule has 0 saturated carbocycles. The Morgan fingerprint density at radius 2 is 2.18 bits per heavy atom. The first-order valence-electron chi connectivity index (χ1n) is 6.06. The highest BCUT2D eigenvalue weighted by molar-refractivity contribution is 5.97.